The van der Waals surface area contributed by atoms with E-state index in [-0.39, 0.29) is 24.8 Å². The molecule has 1 N–H and O–H groups in total. The lowest BCUT2D eigenvalue weighted by Gasteiger charge is -2.19. The second-order valence-corrected chi connectivity index (χ2v) is 3.86. The molecular weight excluding hydrogens is 304 g/mol. The summed E-state index contributed by atoms with van der Waals surface area (Å²) in [7, 11) is 0. The lowest BCUT2D eigenvalue weighted by Crippen LogP contribution is -2.29. The number of nitrogens with one attached hydrogen (secondary N) is 1. The molecule has 1 aliphatic rings. The lowest BCUT2D eigenvalue weighted by atomic mass is 10.3. The topological polar surface area (TPSA) is 41.1 Å². The second-order valence-electron chi connectivity index (χ2n) is 3.86. The van der Waals surface area contributed by atoms with E-state index in [9.17, 15) is 13.2 Å². The van der Waals surface area contributed by atoms with E-state index >= 15 is 0 Å². The maximum Gasteiger partial charge on any atom is 0.419 e. The maximum absolute atomic E-state index is 12.3. The monoisotopic (exact) mass is 318 g/mol. The van der Waals surface area contributed by atoms with Gasteiger partial charge >= 0.3 is 6.18 Å². The maximum atomic E-state index is 12.3. The summed E-state index contributed by atoms with van der Waals surface area (Å²) in [6, 6.07) is 0. The summed E-state index contributed by atoms with van der Waals surface area (Å²) in [5.41, 5.74) is -0.811. The van der Waals surface area contributed by atoms with Crippen LogP contribution in [0.2, 0.25) is 0 Å². The molecule has 1 aliphatic heterocycles. The Morgan fingerprint density at radius 3 is 2.26 bits per heavy atom. The Kier molecular flexibility index (Phi) is 7.39. The molecule has 0 aliphatic carbocycles. The number of hydrogen-bond acceptors (Lipinski definition) is 4. The van der Waals surface area contributed by atoms with E-state index in [1.165, 1.54) is 0 Å². The molecule has 0 amide bonds. The molecular formula is C10H15Cl2F3N4. The van der Waals surface area contributed by atoms with Crippen molar-refractivity contribution in [1.82, 2.24) is 15.3 Å². The molecule has 0 unspecified atom stereocenters. The van der Waals surface area contributed by atoms with Gasteiger partial charge in [0.25, 0.3) is 0 Å². The van der Waals surface area contributed by atoms with Crippen LogP contribution in [0.5, 0.6) is 0 Å². The number of halogens is 5. The summed E-state index contributed by atoms with van der Waals surface area (Å²) >= 11 is 0. The van der Waals surface area contributed by atoms with Crippen LogP contribution >= 0.6 is 24.8 Å². The van der Waals surface area contributed by atoms with E-state index in [2.05, 4.69) is 15.3 Å². The van der Waals surface area contributed by atoms with Gasteiger partial charge in [-0.05, 0) is 13.0 Å². The normalized spacial score (nSPS) is 16.1. The highest BCUT2D eigenvalue weighted by Gasteiger charge is 2.31. The molecule has 2 heterocycles. The molecule has 2 rings (SSSR count). The smallest absolute Gasteiger partial charge is 0.340 e. The Morgan fingerprint density at radius 1 is 1.05 bits per heavy atom. The van der Waals surface area contributed by atoms with E-state index in [1.807, 2.05) is 4.90 Å². The minimum absolute atomic E-state index is 0. The zero-order valence-corrected chi connectivity index (χ0v) is 11.6. The standard InChI is InChI=1S/C10H13F3N4.2ClH/c11-10(12,13)8-6-15-9(16-7-8)17-4-1-2-14-3-5-17;;/h6-7,14H,1-5H2;2*1H. The van der Waals surface area contributed by atoms with Gasteiger partial charge in [-0.2, -0.15) is 13.2 Å². The number of hydrogen-bond donors (Lipinski definition) is 1. The van der Waals surface area contributed by atoms with Crippen LogP contribution in [0.4, 0.5) is 19.1 Å². The van der Waals surface area contributed by atoms with Gasteiger partial charge in [0.15, 0.2) is 0 Å². The Labute approximate surface area is 121 Å². The third-order valence-electron chi connectivity index (χ3n) is 2.59. The molecule has 110 valence electrons. The first-order valence-electron chi connectivity index (χ1n) is 5.42. The lowest BCUT2D eigenvalue weighted by molar-refractivity contribution is -0.138. The molecule has 0 atom stereocenters. The second kappa shape index (κ2) is 7.72. The van der Waals surface area contributed by atoms with Crippen LogP contribution in [0.3, 0.4) is 0 Å². The van der Waals surface area contributed by atoms with E-state index in [1.54, 1.807) is 0 Å². The fourth-order valence-electron chi connectivity index (χ4n) is 1.68. The van der Waals surface area contributed by atoms with Gasteiger partial charge in [-0.15, -0.1) is 24.8 Å². The Balaban J connectivity index is 0.00000162. The number of anilines is 1. The van der Waals surface area contributed by atoms with Crippen molar-refractivity contribution >= 4 is 30.8 Å². The summed E-state index contributed by atoms with van der Waals surface area (Å²) in [6.45, 7) is 3.19. The van der Waals surface area contributed by atoms with Crippen molar-refractivity contribution in [1.29, 1.82) is 0 Å². The molecule has 0 bridgehead atoms. The summed E-state index contributed by atoms with van der Waals surface area (Å²) in [5, 5.41) is 3.21. The minimum atomic E-state index is -4.38. The van der Waals surface area contributed by atoms with Crippen LogP contribution in [-0.2, 0) is 6.18 Å². The molecule has 1 saturated heterocycles. The van der Waals surface area contributed by atoms with E-state index in [0.29, 0.717) is 12.5 Å². The van der Waals surface area contributed by atoms with Gasteiger partial charge in [-0.3, -0.25) is 0 Å². The first-order chi connectivity index (χ1) is 8.07. The number of aromatic nitrogens is 2. The van der Waals surface area contributed by atoms with Gasteiger partial charge in [0.2, 0.25) is 5.95 Å². The average Bonchev–Trinajstić information content (AvgIpc) is 2.56. The fraction of sp³-hybridized carbons (Fsp3) is 0.600. The SMILES string of the molecule is Cl.Cl.FC(F)(F)c1cnc(N2CCCNCC2)nc1. The first kappa shape index (κ1) is 18.2. The quantitative estimate of drug-likeness (QED) is 0.861. The Morgan fingerprint density at radius 2 is 1.68 bits per heavy atom. The van der Waals surface area contributed by atoms with E-state index in [4.69, 9.17) is 0 Å². The van der Waals surface area contributed by atoms with Crippen molar-refractivity contribution in [2.24, 2.45) is 0 Å². The van der Waals surface area contributed by atoms with E-state index in [0.717, 1.165) is 38.4 Å². The highest BCUT2D eigenvalue weighted by Crippen LogP contribution is 2.28. The molecule has 19 heavy (non-hydrogen) atoms. The first-order valence-corrected chi connectivity index (χ1v) is 5.42. The molecule has 1 aromatic rings. The van der Waals surface area contributed by atoms with Gasteiger partial charge in [0.05, 0.1) is 5.56 Å². The summed E-state index contributed by atoms with van der Waals surface area (Å²) in [6.07, 6.45) is -1.77. The van der Waals surface area contributed by atoms with Crippen molar-refractivity contribution < 1.29 is 13.2 Å². The van der Waals surface area contributed by atoms with E-state index < -0.39 is 11.7 Å². The average molecular weight is 319 g/mol. The van der Waals surface area contributed by atoms with Crippen molar-refractivity contribution in [2.75, 3.05) is 31.1 Å². The number of alkyl halides is 3. The van der Waals surface area contributed by atoms with Crippen LogP contribution in [0.25, 0.3) is 0 Å². The highest BCUT2D eigenvalue weighted by molar-refractivity contribution is 5.85. The van der Waals surface area contributed by atoms with Crippen molar-refractivity contribution in [3.8, 4) is 0 Å². The molecule has 9 heteroatoms. The van der Waals surface area contributed by atoms with Crippen LogP contribution in [-0.4, -0.2) is 36.1 Å². The van der Waals surface area contributed by atoms with Gasteiger partial charge in [0, 0.05) is 32.0 Å². The number of nitrogens with zero attached hydrogens (tertiary/aromatic N) is 3. The highest BCUT2D eigenvalue weighted by atomic mass is 35.5. The zero-order valence-electron chi connectivity index (χ0n) is 9.98. The van der Waals surface area contributed by atoms with Gasteiger partial charge < -0.3 is 10.2 Å². The molecule has 4 nitrogen and oxygen atoms in total. The summed E-state index contributed by atoms with van der Waals surface area (Å²) in [4.78, 5) is 9.44. The fourth-order valence-corrected chi connectivity index (χ4v) is 1.68. The molecule has 1 fully saturated rings. The molecule has 0 aromatic carbocycles. The predicted molar refractivity (Wildman–Crippen MR) is 71.2 cm³/mol. The molecule has 0 spiro atoms. The molecule has 0 saturated carbocycles. The van der Waals surface area contributed by atoms with Gasteiger partial charge in [-0.25, -0.2) is 9.97 Å². The number of rotatable bonds is 1. The van der Waals surface area contributed by atoms with Gasteiger partial charge in [-0.1, -0.05) is 0 Å². The summed E-state index contributed by atoms with van der Waals surface area (Å²) in [5.74, 6) is 0.363. The zero-order chi connectivity index (χ0) is 12.3. The van der Waals surface area contributed by atoms with Crippen LogP contribution in [0.15, 0.2) is 12.4 Å². The summed E-state index contributed by atoms with van der Waals surface area (Å²) < 4.78 is 37.0. The third-order valence-corrected chi connectivity index (χ3v) is 2.59. The predicted octanol–water partition coefficient (Wildman–Crippen LogP) is 2.14. The van der Waals surface area contributed by atoms with Gasteiger partial charge in [0.1, 0.15) is 0 Å². The van der Waals surface area contributed by atoms with Crippen LogP contribution < -0.4 is 10.2 Å². The Bertz CT molecular complexity index is 364. The minimum Gasteiger partial charge on any atom is -0.340 e. The van der Waals surface area contributed by atoms with Crippen LogP contribution in [0.1, 0.15) is 12.0 Å². The molecule has 1 aromatic heterocycles. The van der Waals surface area contributed by atoms with Crippen LogP contribution in [0, 0.1) is 0 Å². The third kappa shape index (κ3) is 5.00. The molecule has 0 radical (unpaired) electrons. The van der Waals surface area contributed by atoms with Crippen molar-refractivity contribution in [3.05, 3.63) is 18.0 Å². The van der Waals surface area contributed by atoms with Crippen molar-refractivity contribution in [3.63, 3.8) is 0 Å². The van der Waals surface area contributed by atoms with Crippen molar-refractivity contribution in [2.45, 2.75) is 12.6 Å². The largest absolute Gasteiger partial charge is 0.419 e. The Hall–Kier alpha value is -0.790.